The van der Waals surface area contributed by atoms with Crippen LogP contribution in [0.1, 0.15) is 90.9 Å². The second-order valence-electron chi connectivity index (χ2n) is 7.20. The Hall–Kier alpha value is -1.22. The topological polar surface area (TPSA) is 35.5 Å². The number of rotatable bonds is 17. The number of carbonyl (C=O) groups excluding carboxylic acids is 1. The highest BCUT2D eigenvalue weighted by Gasteiger charge is 2.17. The molecule has 0 amide bonds. The first kappa shape index (κ1) is 23.8. The van der Waals surface area contributed by atoms with Crippen molar-refractivity contribution in [1.29, 1.82) is 0 Å². The summed E-state index contributed by atoms with van der Waals surface area (Å²) in [6.07, 6.45) is 14.0. The predicted octanol–water partition coefficient (Wildman–Crippen LogP) is 7.30. The summed E-state index contributed by atoms with van der Waals surface area (Å²) in [6, 6.07) is 7.46. The molecule has 0 fully saturated rings. The smallest absolute Gasteiger partial charge is 0.262 e. The van der Waals surface area contributed by atoms with Gasteiger partial charge in [0, 0.05) is 6.07 Å². The van der Waals surface area contributed by atoms with Crippen LogP contribution < -0.4 is 9.47 Å². The third kappa shape index (κ3) is 12.0. The molecule has 0 N–H and O–H groups in total. The van der Waals surface area contributed by atoms with E-state index in [0.717, 1.165) is 18.6 Å². The third-order valence-corrected chi connectivity index (χ3v) is 4.90. The van der Waals surface area contributed by atoms with Gasteiger partial charge in [-0.2, -0.15) is 0 Å². The first-order valence-corrected chi connectivity index (χ1v) is 11.1. The van der Waals surface area contributed by atoms with Crippen molar-refractivity contribution in [3.63, 3.8) is 0 Å². The van der Waals surface area contributed by atoms with Crippen molar-refractivity contribution in [2.45, 2.75) is 97.0 Å². The maximum atomic E-state index is 11.4. The van der Waals surface area contributed by atoms with E-state index >= 15 is 0 Å². The molecular formula is C23H37ClO3. The van der Waals surface area contributed by atoms with Crippen molar-refractivity contribution in [2.24, 2.45) is 0 Å². The van der Waals surface area contributed by atoms with Crippen molar-refractivity contribution >= 4 is 16.8 Å². The molecule has 0 saturated heterocycles. The molecule has 1 aromatic rings. The Morgan fingerprint density at radius 1 is 0.889 bits per heavy atom. The number of ether oxygens (including phenoxy) is 2. The van der Waals surface area contributed by atoms with Gasteiger partial charge in [0.25, 0.3) is 5.24 Å². The molecule has 0 aliphatic heterocycles. The van der Waals surface area contributed by atoms with Gasteiger partial charge in [-0.1, -0.05) is 84.1 Å². The van der Waals surface area contributed by atoms with E-state index in [1.807, 2.05) is 31.2 Å². The number of benzene rings is 1. The van der Waals surface area contributed by atoms with Gasteiger partial charge in [-0.3, -0.25) is 4.79 Å². The predicted molar refractivity (Wildman–Crippen MR) is 114 cm³/mol. The molecule has 3 nitrogen and oxygen atoms in total. The second-order valence-corrected chi connectivity index (χ2v) is 7.58. The first-order chi connectivity index (χ1) is 13.2. The number of hydrogen-bond acceptors (Lipinski definition) is 3. The summed E-state index contributed by atoms with van der Waals surface area (Å²) in [5.74, 6) is 1.41. The molecule has 0 spiro atoms. The van der Waals surface area contributed by atoms with E-state index in [4.69, 9.17) is 21.1 Å². The van der Waals surface area contributed by atoms with Crippen LogP contribution in [0.25, 0.3) is 0 Å². The number of carbonyl (C=O) groups is 1. The van der Waals surface area contributed by atoms with Crippen molar-refractivity contribution in [3.8, 4) is 11.5 Å². The van der Waals surface area contributed by atoms with Gasteiger partial charge in [0.05, 0.1) is 6.61 Å². The van der Waals surface area contributed by atoms with Crippen LogP contribution in [0.5, 0.6) is 11.5 Å². The molecule has 154 valence electrons. The van der Waals surface area contributed by atoms with Gasteiger partial charge in [-0.15, -0.1) is 0 Å². The number of unbranched alkanes of at least 4 members (excludes halogenated alkanes) is 9. The summed E-state index contributed by atoms with van der Waals surface area (Å²) in [5.41, 5.74) is 0. The molecular weight excluding hydrogens is 360 g/mol. The fraction of sp³-hybridized carbons (Fsp3) is 0.696. The van der Waals surface area contributed by atoms with Crippen LogP contribution in [-0.4, -0.2) is 18.0 Å². The lowest BCUT2D eigenvalue weighted by atomic mass is 10.1. The number of halogens is 1. The quantitative estimate of drug-likeness (QED) is 0.204. The number of hydrogen-bond donors (Lipinski definition) is 0. The first-order valence-electron chi connectivity index (χ1n) is 10.8. The fourth-order valence-electron chi connectivity index (χ4n) is 3.06. The Morgan fingerprint density at radius 3 is 2.07 bits per heavy atom. The van der Waals surface area contributed by atoms with E-state index < -0.39 is 11.3 Å². The van der Waals surface area contributed by atoms with Crippen LogP contribution in [0.3, 0.4) is 0 Å². The summed E-state index contributed by atoms with van der Waals surface area (Å²) in [7, 11) is 0. The molecule has 1 rings (SSSR count). The molecule has 0 radical (unpaired) electrons. The van der Waals surface area contributed by atoms with Crippen LogP contribution in [0.2, 0.25) is 0 Å². The molecule has 0 aromatic heterocycles. The Bertz CT molecular complexity index is 504. The Labute approximate surface area is 170 Å². The zero-order chi connectivity index (χ0) is 19.7. The Kier molecular flexibility index (Phi) is 13.9. The Balaban J connectivity index is 2.16. The van der Waals surface area contributed by atoms with Crippen LogP contribution in [-0.2, 0) is 4.79 Å². The van der Waals surface area contributed by atoms with Gasteiger partial charge in [0.2, 0.25) is 0 Å². The summed E-state index contributed by atoms with van der Waals surface area (Å²) < 4.78 is 11.5. The van der Waals surface area contributed by atoms with Crippen LogP contribution >= 0.6 is 11.6 Å². The molecule has 27 heavy (non-hydrogen) atoms. The SMILES string of the molecule is CCCCCCCCCCCCOc1cccc(OC(CCC)C(=O)Cl)c1. The molecule has 0 bridgehead atoms. The molecule has 0 saturated carbocycles. The normalized spacial score (nSPS) is 12.0. The maximum Gasteiger partial charge on any atom is 0.262 e. The molecule has 0 heterocycles. The molecule has 1 atom stereocenters. The molecule has 0 aliphatic carbocycles. The molecule has 4 heteroatoms. The molecule has 0 aliphatic rings. The van der Waals surface area contributed by atoms with Gasteiger partial charge < -0.3 is 9.47 Å². The highest BCUT2D eigenvalue weighted by atomic mass is 35.5. The van der Waals surface area contributed by atoms with E-state index in [9.17, 15) is 4.79 Å². The highest BCUT2D eigenvalue weighted by molar-refractivity contribution is 6.64. The van der Waals surface area contributed by atoms with E-state index in [-0.39, 0.29) is 0 Å². The van der Waals surface area contributed by atoms with E-state index in [2.05, 4.69) is 6.92 Å². The fourth-order valence-corrected chi connectivity index (χ4v) is 3.22. The zero-order valence-electron chi connectivity index (χ0n) is 17.2. The maximum absolute atomic E-state index is 11.4. The summed E-state index contributed by atoms with van der Waals surface area (Å²) >= 11 is 5.60. The van der Waals surface area contributed by atoms with E-state index in [1.165, 1.54) is 57.8 Å². The van der Waals surface area contributed by atoms with Gasteiger partial charge in [-0.05, 0) is 36.6 Å². The minimum atomic E-state index is -0.589. The van der Waals surface area contributed by atoms with Crippen molar-refractivity contribution < 1.29 is 14.3 Å². The average molecular weight is 397 g/mol. The summed E-state index contributed by atoms with van der Waals surface area (Å²) in [5, 5.41) is -0.450. The van der Waals surface area contributed by atoms with Crippen molar-refractivity contribution in [1.82, 2.24) is 0 Å². The van der Waals surface area contributed by atoms with E-state index in [1.54, 1.807) is 0 Å². The summed E-state index contributed by atoms with van der Waals surface area (Å²) in [6.45, 7) is 4.98. The lowest BCUT2D eigenvalue weighted by molar-refractivity contribution is -0.118. The Morgan fingerprint density at radius 2 is 1.48 bits per heavy atom. The standard InChI is InChI=1S/C23H37ClO3/c1-3-5-6-7-8-9-10-11-12-13-18-26-20-16-14-17-21(19-20)27-22(15-4-2)23(24)25/h14,16-17,19,22H,3-13,15,18H2,1-2H3. The summed E-state index contributed by atoms with van der Waals surface area (Å²) in [4.78, 5) is 11.4. The largest absolute Gasteiger partial charge is 0.493 e. The minimum absolute atomic E-state index is 0.450. The van der Waals surface area contributed by atoms with Crippen LogP contribution in [0.4, 0.5) is 0 Å². The van der Waals surface area contributed by atoms with Crippen LogP contribution in [0, 0.1) is 0 Å². The highest BCUT2D eigenvalue weighted by Crippen LogP contribution is 2.22. The van der Waals surface area contributed by atoms with Crippen LogP contribution in [0.15, 0.2) is 24.3 Å². The lowest BCUT2D eigenvalue weighted by Gasteiger charge is -2.15. The third-order valence-electron chi connectivity index (χ3n) is 4.65. The zero-order valence-corrected chi connectivity index (χ0v) is 17.9. The molecule has 1 aromatic carbocycles. The van der Waals surface area contributed by atoms with Gasteiger partial charge in [-0.25, -0.2) is 0 Å². The second kappa shape index (κ2) is 15.8. The van der Waals surface area contributed by atoms with Crippen molar-refractivity contribution in [3.05, 3.63) is 24.3 Å². The van der Waals surface area contributed by atoms with E-state index in [0.29, 0.717) is 18.8 Å². The monoisotopic (exact) mass is 396 g/mol. The van der Waals surface area contributed by atoms with Crippen molar-refractivity contribution in [2.75, 3.05) is 6.61 Å². The van der Waals surface area contributed by atoms with Gasteiger partial charge in [0.1, 0.15) is 11.5 Å². The van der Waals surface area contributed by atoms with Gasteiger partial charge >= 0.3 is 0 Å². The molecule has 1 unspecified atom stereocenters. The average Bonchev–Trinajstić information content (AvgIpc) is 2.66. The lowest BCUT2D eigenvalue weighted by Crippen LogP contribution is -2.23. The van der Waals surface area contributed by atoms with Gasteiger partial charge in [0.15, 0.2) is 6.10 Å². The minimum Gasteiger partial charge on any atom is -0.493 e.